The number of amidine groups is 1. The fourth-order valence-electron chi connectivity index (χ4n) is 4.38. The lowest BCUT2D eigenvalue weighted by molar-refractivity contribution is -0.136. The van der Waals surface area contributed by atoms with Gasteiger partial charge in [-0.1, -0.05) is 42.4 Å². The van der Waals surface area contributed by atoms with Crippen LogP contribution in [0.2, 0.25) is 0 Å². The van der Waals surface area contributed by atoms with Crippen LogP contribution in [0.1, 0.15) is 42.5 Å². The lowest BCUT2D eigenvalue weighted by Gasteiger charge is -2.37. The van der Waals surface area contributed by atoms with Crippen LogP contribution in [0.15, 0.2) is 69.8 Å². The molecule has 0 bridgehead atoms. The number of nitrogens with one attached hydrogen (secondary N) is 1. The molecule has 0 aromatic heterocycles. The number of aryl methyl sites for hydroxylation is 2. The van der Waals surface area contributed by atoms with E-state index < -0.39 is 12.0 Å². The molecular formula is C27H29N3O4S. The second kappa shape index (κ2) is 10.4. The number of aliphatic imine (C=N–C) groups is 1. The summed E-state index contributed by atoms with van der Waals surface area (Å²) in [6.07, 6.45) is 0.729. The predicted molar refractivity (Wildman–Crippen MR) is 139 cm³/mol. The molecule has 0 fully saturated rings. The second-order valence-corrected chi connectivity index (χ2v) is 9.25. The van der Waals surface area contributed by atoms with Crippen molar-refractivity contribution < 1.29 is 19.1 Å². The Morgan fingerprint density at radius 1 is 1.11 bits per heavy atom. The number of thioether (sulfide) groups is 1. The van der Waals surface area contributed by atoms with Gasteiger partial charge in [0, 0.05) is 11.4 Å². The molecule has 0 unspecified atom stereocenters. The average Bonchev–Trinajstić information content (AvgIpc) is 3.25. The Bertz CT molecular complexity index is 1250. The highest BCUT2D eigenvalue weighted by Gasteiger charge is 2.42. The molecule has 1 N–H and O–H groups in total. The van der Waals surface area contributed by atoms with Crippen LogP contribution in [0, 0.1) is 13.8 Å². The maximum atomic E-state index is 13.0. The maximum absolute atomic E-state index is 13.0. The minimum absolute atomic E-state index is 0.134. The number of hydrogen-bond acceptors (Lipinski definition) is 7. The van der Waals surface area contributed by atoms with Crippen LogP contribution in [0.5, 0.6) is 5.75 Å². The molecule has 2 aliphatic rings. The molecule has 2 aliphatic heterocycles. The van der Waals surface area contributed by atoms with Crippen LogP contribution in [0.3, 0.4) is 0 Å². The first-order valence-electron chi connectivity index (χ1n) is 11.4. The predicted octanol–water partition coefficient (Wildman–Crippen LogP) is 5.48. The number of carbonyl (C=O) groups is 2. The van der Waals surface area contributed by atoms with Gasteiger partial charge in [0.05, 0.1) is 38.0 Å². The molecular weight excluding hydrogens is 462 g/mol. The second-order valence-electron chi connectivity index (χ2n) is 8.41. The van der Waals surface area contributed by atoms with Gasteiger partial charge in [0.15, 0.2) is 5.17 Å². The summed E-state index contributed by atoms with van der Waals surface area (Å²) in [7, 11) is 2.99. The number of methoxy groups -OCH3 is 2. The number of esters is 1. The number of benzene rings is 2. The number of allylic oxidation sites excluding steroid dienone is 1. The van der Waals surface area contributed by atoms with Gasteiger partial charge in [-0.05, 0) is 61.1 Å². The molecule has 2 heterocycles. The van der Waals surface area contributed by atoms with Gasteiger partial charge in [-0.25, -0.2) is 9.79 Å². The van der Waals surface area contributed by atoms with Crippen molar-refractivity contribution in [1.82, 2.24) is 4.90 Å². The largest absolute Gasteiger partial charge is 0.497 e. The molecule has 0 radical (unpaired) electrons. The number of amides is 1. The third kappa shape index (κ3) is 4.98. The van der Waals surface area contributed by atoms with Crippen molar-refractivity contribution in [2.24, 2.45) is 4.99 Å². The third-order valence-electron chi connectivity index (χ3n) is 6.06. The van der Waals surface area contributed by atoms with E-state index in [1.807, 2.05) is 43.2 Å². The summed E-state index contributed by atoms with van der Waals surface area (Å²) < 4.78 is 10.4. The molecule has 1 atom stereocenters. The zero-order valence-electron chi connectivity index (χ0n) is 20.5. The van der Waals surface area contributed by atoms with E-state index in [0.29, 0.717) is 23.4 Å². The number of rotatable bonds is 7. The summed E-state index contributed by atoms with van der Waals surface area (Å²) in [5.74, 6) is 0.151. The Labute approximate surface area is 209 Å². The van der Waals surface area contributed by atoms with E-state index in [9.17, 15) is 9.59 Å². The summed E-state index contributed by atoms with van der Waals surface area (Å²) in [5.41, 5.74) is 5.86. The number of anilines is 1. The highest BCUT2D eigenvalue weighted by molar-refractivity contribution is 8.16. The highest BCUT2D eigenvalue weighted by Crippen LogP contribution is 2.46. The average molecular weight is 492 g/mol. The van der Waals surface area contributed by atoms with Crippen molar-refractivity contribution in [1.29, 1.82) is 0 Å². The van der Waals surface area contributed by atoms with E-state index in [0.717, 1.165) is 33.3 Å². The quantitative estimate of drug-likeness (QED) is 0.517. The van der Waals surface area contributed by atoms with Crippen LogP contribution < -0.4 is 10.1 Å². The number of carbonyl (C=O) groups excluding carboxylic acids is 2. The zero-order valence-corrected chi connectivity index (χ0v) is 21.4. The monoisotopic (exact) mass is 491 g/mol. The Morgan fingerprint density at radius 2 is 1.86 bits per heavy atom. The first-order valence-corrected chi connectivity index (χ1v) is 12.3. The van der Waals surface area contributed by atoms with Gasteiger partial charge in [-0.3, -0.25) is 4.79 Å². The minimum Gasteiger partial charge on any atom is -0.497 e. The molecule has 1 amide bonds. The van der Waals surface area contributed by atoms with Crippen LogP contribution in [-0.4, -0.2) is 36.2 Å². The minimum atomic E-state index is -0.430. The normalized spacial score (nSPS) is 16.9. The van der Waals surface area contributed by atoms with Crippen molar-refractivity contribution in [2.75, 3.05) is 19.5 Å². The Kier molecular flexibility index (Phi) is 7.31. The van der Waals surface area contributed by atoms with Crippen LogP contribution >= 0.6 is 11.8 Å². The van der Waals surface area contributed by atoms with Crippen molar-refractivity contribution in [3.8, 4) is 5.75 Å². The van der Waals surface area contributed by atoms with Crippen molar-refractivity contribution in [3.05, 3.63) is 81.5 Å². The summed E-state index contributed by atoms with van der Waals surface area (Å²) >= 11 is 1.47. The van der Waals surface area contributed by atoms with Crippen molar-refractivity contribution >= 4 is 34.5 Å². The smallest absolute Gasteiger partial charge is 0.338 e. The van der Waals surface area contributed by atoms with E-state index in [4.69, 9.17) is 14.5 Å². The van der Waals surface area contributed by atoms with Gasteiger partial charge < -0.3 is 19.7 Å². The van der Waals surface area contributed by atoms with Crippen LogP contribution in [0.4, 0.5) is 5.69 Å². The summed E-state index contributed by atoms with van der Waals surface area (Å²) in [6, 6.07) is 12.9. The number of fused-ring (bicyclic) bond motifs is 1. The van der Waals surface area contributed by atoms with Gasteiger partial charge in [-0.2, -0.15) is 0 Å². The molecule has 8 heteroatoms. The molecule has 2 aromatic rings. The lowest BCUT2D eigenvalue weighted by Crippen LogP contribution is -2.38. The fraction of sp³-hybridized carbons (Fsp3) is 0.296. The molecule has 0 saturated carbocycles. The Balaban J connectivity index is 1.68. The molecule has 35 heavy (non-hydrogen) atoms. The van der Waals surface area contributed by atoms with Gasteiger partial charge in [0.25, 0.3) is 0 Å². The maximum Gasteiger partial charge on any atom is 0.338 e. The van der Waals surface area contributed by atoms with Gasteiger partial charge in [-0.15, -0.1) is 0 Å². The molecule has 0 spiro atoms. The molecule has 0 saturated heterocycles. The van der Waals surface area contributed by atoms with E-state index in [1.165, 1.54) is 18.9 Å². The summed E-state index contributed by atoms with van der Waals surface area (Å²) in [4.78, 5) is 32.8. The Hall–Kier alpha value is -3.52. The summed E-state index contributed by atoms with van der Waals surface area (Å²) in [5, 5.41) is 5.64. The molecule has 0 aliphatic carbocycles. The molecule has 4 rings (SSSR count). The first kappa shape index (κ1) is 24.6. The molecule has 2 aromatic carbocycles. The van der Waals surface area contributed by atoms with E-state index >= 15 is 0 Å². The lowest BCUT2D eigenvalue weighted by atomic mass is 9.89. The number of hydrogen-bond donors (Lipinski definition) is 1. The SMILES string of the molecule is CCC1=C(C(=O)OC)[C@@H](c2ccc(C)cc2C)N2C(CC(=O)Nc3ccc(OC)cc3)=CSC2=N1. The van der Waals surface area contributed by atoms with Crippen molar-refractivity contribution in [2.45, 2.75) is 39.7 Å². The fourth-order valence-corrected chi connectivity index (χ4v) is 5.32. The molecule has 7 nitrogen and oxygen atoms in total. The topological polar surface area (TPSA) is 80.2 Å². The van der Waals surface area contributed by atoms with Gasteiger partial charge in [0.1, 0.15) is 5.75 Å². The van der Waals surface area contributed by atoms with Gasteiger partial charge >= 0.3 is 5.97 Å². The highest BCUT2D eigenvalue weighted by atomic mass is 32.2. The van der Waals surface area contributed by atoms with Crippen molar-refractivity contribution in [3.63, 3.8) is 0 Å². The van der Waals surface area contributed by atoms with Gasteiger partial charge in [0.2, 0.25) is 5.91 Å². The first-order chi connectivity index (χ1) is 16.9. The van der Waals surface area contributed by atoms with E-state index in [1.54, 1.807) is 31.4 Å². The summed E-state index contributed by atoms with van der Waals surface area (Å²) in [6.45, 7) is 6.06. The standard InChI is InChI=1S/C27H29N3O4S/c1-6-22-24(26(32)34-5)25(21-12-7-16(2)13-17(21)3)30-19(15-35-27(30)29-22)14-23(31)28-18-8-10-20(33-4)11-9-18/h7-13,15,25H,6,14H2,1-5H3,(H,28,31)/t25-/m1/s1. The number of ether oxygens (including phenoxy) is 2. The van der Waals surface area contributed by atoms with Crippen LogP contribution in [0.25, 0.3) is 0 Å². The zero-order chi connectivity index (χ0) is 25.1. The Morgan fingerprint density at radius 3 is 2.49 bits per heavy atom. The van der Waals surface area contributed by atoms with E-state index in [-0.39, 0.29) is 12.3 Å². The van der Waals surface area contributed by atoms with E-state index in [2.05, 4.69) is 11.4 Å². The molecule has 182 valence electrons. The third-order valence-corrected chi connectivity index (χ3v) is 6.95. The number of nitrogens with zero attached hydrogens (tertiary/aromatic N) is 2. The van der Waals surface area contributed by atoms with Crippen LogP contribution in [-0.2, 0) is 14.3 Å².